The first-order chi connectivity index (χ1) is 10.1. The maximum absolute atomic E-state index is 13.7. The fourth-order valence-electron chi connectivity index (χ4n) is 2.66. The highest BCUT2D eigenvalue weighted by Gasteiger charge is 2.25. The van der Waals surface area contributed by atoms with Gasteiger partial charge in [0.1, 0.15) is 5.82 Å². The molecule has 3 rings (SSSR count). The van der Waals surface area contributed by atoms with Crippen LogP contribution in [0.4, 0.5) is 10.1 Å². The Morgan fingerprint density at radius 2 is 2.05 bits per heavy atom. The van der Waals surface area contributed by atoms with Crippen LogP contribution >= 0.6 is 11.6 Å². The van der Waals surface area contributed by atoms with Crippen molar-refractivity contribution in [3.8, 4) is 0 Å². The monoisotopic (exact) mass is 303 g/mol. The highest BCUT2D eigenvalue weighted by molar-refractivity contribution is 6.21. The lowest BCUT2D eigenvalue weighted by molar-refractivity contribution is -0.117. The molecule has 0 radical (unpaired) electrons. The second kappa shape index (κ2) is 5.49. The van der Waals surface area contributed by atoms with Gasteiger partial charge in [-0.15, -0.1) is 11.6 Å². The standard InChI is InChI=1S/C17H15ClFNO/c1-20-16-7-6-11(8-13(16)10-17(20)21)14(18)9-12-4-2-3-5-15(12)19/h2-8,14H,9-10H2,1H3. The van der Waals surface area contributed by atoms with Gasteiger partial charge < -0.3 is 4.90 Å². The van der Waals surface area contributed by atoms with Gasteiger partial charge in [0, 0.05) is 12.7 Å². The Hall–Kier alpha value is -1.87. The van der Waals surface area contributed by atoms with Gasteiger partial charge in [-0.3, -0.25) is 4.79 Å². The maximum Gasteiger partial charge on any atom is 0.231 e. The molecule has 1 aliphatic rings. The van der Waals surface area contributed by atoms with Crippen molar-refractivity contribution in [3.63, 3.8) is 0 Å². The number of fused-ring (bicyclic) bond motifs is 1. The average molecular weight is 304 g/mol. The van der Waals surface area contributed by atoms with Crippen LogP contribution in [0.25, 0.3) is 0 Å². The molecule has 1 amide bonds. The molecule has 0 bridgehead atoms. The van der Waals surface area contributed by atoms with Crippen molar-refractivity contribution >= 4 is 23.2 Å². The van der Waals surface area contributed by atoms with Crippen molar-refractivity contribution in [2.24, 2.45) is 0 Å². The van der Waals surface area contributed by atoms with E-state index in [9.17, 15) is 9.18 Å². The van der Waals surface area contributed by atoms with Crippen LogP contribution in [-0.4, -0.2) is 13.0 Å². The smallest absolute Gasteiger partial charge is 0.231 e. The van der Waals surface area contributed by atoms with Crippen molar-refractivity contribution in [3.05, 3.63) is 65.0 Å². The molecule has 1 heterocycles. The summed E-state index contributed by atoms with van der Waals surface area (Å²) in [7, 11) is 1.77. The first kappa shape index (κ1) is 14.1. The predicted molar refractivity (Wildman–Crippen MR) is 82.3 cm³/mol. The minimum absolute atomic E-state index is 0.0855. The van der Waals surface area contributed by atoms with Crippen LogP contribution in [0.5, 0.6) is 0 Å². The Kier molecular flexibility index (Phi) is 3.68. The molecule has 1 aliphatic heterocycles. The van der Waals surface area contributed by atoms with Gasteiger partial charge in [-0.1, -0.05) is 30.3 Å². The highest BCUT2D eigenvalue weighted by Crippen LogP contribution is 2.33. The van der Waals surface area contributed by atoms with Crippen molar-refractivity contribution in [2.75, 3.05) is 11.9 Å². The lowest BCUT2D eigenvalue weighted by Gasteiger charge is -2.14. The summed E-state index contributed by atoms with van der Waals surface area (Å²) in [6.07, 6.45) is 0.833. The van der Waals surface area contributed by atoms with Crippen LogP contribution < -0.4 is 4.90 Å². The van der Waals surface area contributed by atoms with Crippen LogP contribution in [0.1, 0.15) is 22.1 Å². The zero-order valence-corrected chi connectivity index (χ0v) is 12.4. The molecule has 0 saturated carbocycles. The quantitative estimate of drug-likeness (QED) is 0.788. The maximum atomic E-state index is 13.7. The number of carbonyl (C=O) groups is 1. The molecule has 2 nitrogen and oxygen atoms in total. The van der Waals surface area contributed by atoms with Gasteiger partial charge in [0.15, 0.2) is 0 Å². The van der Waals surface area contributed by atoms with Gasteiger partial charge in [-0.25, -0.2) is 4.39 Å². The van der Waals surface area contributed by atoms with Crippen LogP contribution in [0.15, 0.2) is 42.5 Å². The van der Waals surface area contributed by atoms with E-state index < -0.39 is 0 Å². The molecule has 1 atom stereocenters. The van der Waals surface area contributed by atoms with E-state index in [1.165, 1.54) is 6.07 Å². The second-order valence-corrected chi connectivity index (χ2v) is 5.81. The first-order valence-electron chi connectivity index (χ1n) is 6.83. The Morgan fingerprint density at radius 3 is 2.81 bits per heavy atom. The Balaban J connectivity index is 1.84. The highest BCUT2D eigenvalue weighted by atomic mass is 35.5. The lowest BCUT2D eigenvalue weighted by Crippen LogP contribution is -2.20. The first-order valence-corrected chi connectivity index (χ1v) is 7.27. The van der Waals surface area contributed by atoms with Crippen molar-refractivity contribution < 1.29 is 9.18 Å². The van der Waals surface area contributed by atoms with Gasteiger partial charge >= 0.3 is 0 Å². The van der Waals surface area contributed by atoms with E-state index in [2.05, 4.69) is 0 Å². The normalized spacial score (nSPS) is 15.2. The topological polar surface area (TPSA) is 20.3 Å². The minimum atomic E-state index is -0.312. The van der Waals surface area contributed by atoms with Crippen LogP contribution in [-0.2, 0) is 17.6 Å². The van der Waals surface area contributed by atoms with Crippen LogP contribution in [0.2, 0.25) is 0 Å². The van der Waals surface area contributed by atoms with Crippen LogP contribution in [0.3, 0.4) is 0 Å². The number of likely N-dealkylation sites (N-methyl/N-ethyl adjacent to an activating group) is 1. The number of carbonyl (C=O) groups excluding carboxylic acids is 1. The van der Waals surface area contributed by atoms with Crippen molar-refractivity contribution in [1.29, 1.82) is 0 Å². The fraction of sp³-hybridized carbons (Fsp3) is 0.235. The van der Waals surface area contributed by atoms with Gasteiger partial charge in [0.05, 0.1) is 11.8 Å². The number of rotatable bonds is 3. The summed E-state index contributed by atoms with van der Waals surface area (Å²) in [4.78, 5) is 13.3. The van der Waals surface area contributed by atoms with Gasteiger partial charge in [0.25, 0.3) is 0 Å². The Labute approximate surface area is 128 Å². The summed E-state index contributed by atoms with van der Waals surface area (Å²) in [6.45, 7) is 0. The van der Waals surface area contributed by atoms with Crippen LogP contribution in [0, 0.1) is 5.82 Å². The molecular formula is C17H15ClFNO. The van der Waals surface area contributed by atoms with Crippen molar-refractivity contribution in [1.82, 2.24) is 0 Å². The minimum Gasteiger partial charge on any atom is -0.315 e. The number of nitrogens with zero attached hydrogens (tertiary/aromatic N) is 1. The summed E-state index contributed by atoms with van der Waals surface area (Å²) in [6, 6.07) is 12.4. The predicted octanol–water partition coefficient (Wildman–Crippen LogP) is 3.87. The number of alkyl halides is 1. The summed E-state index contributed by atoms with van der Waals surface area (Å²) in [5, 5.41) is -0.312. The summed E-state index contributed by atoms with van der Waals surface area (Å²) >= 11 is 6.42. The molecule has 1 unspecified atom stereocenters. The van der Waals surface area contributed by atoms with E-state index in [1.54, 1.807) is 30.1 Å². The lowest BCUT2D eigenvalue weighted by atomic mass is 10.0. The Morgan fingerprint density at radius 1 is 1.29 bits per heavy atom. The number of hydrogen-bond acceptors (Lipinski definition) is 1. The molecule has 0 spiro atoms. The van der Waals surface area contributed by atoms with Crippen molar-refractivity contribution in [2.45, 2.75) is 18.2 Å². The SMILES string of the molecule is CN1C(=O)Cc2cc(C(Cl)Cc3ccccc3F)ccc21. The van der Waals surface area contributed by atoms with E-state index in [1.807, 2.05) is 18.2 Å². The van der Waals surface area contributed by atoms with E-state index >= 15 is 0 Å². The fourth-order valence-corrected chi connectivity index (χ4v) is 2.96. The molecule has 4 heteroatoms. The van der Waals surface area contributed by atoms with E-state index in [0.717, 1.165) is 16.8 Å². The van der Waals surface area contributed by atoms with E-state index in [4.69, 9.17) is 11.6 Å². The van der Waals surface area contributed by atoms with Gasteiger partial charge in [0.2, 0.25) is 5.91 Å². The largest absolute Gasteiger partial charge is 0.315 e. The summed E-state index contributed by atoms with van der Waals surface area (Å²) in [5.74, 6) is -0.151. The molecule has 0 aliphatic carbocycles. The molecule has 2 aromatic carbocycles. The van der Waals surface area contributed by atoms with Gasteiger partial charge in [-0.05, 0) is 35.2 Å². The van der Waals surface area contributed by atoms with E-state index in [0.29, 0.717) is 18.4 Å². The molecule has 0 aromatic heterocycles. The molecule has 0 fully saturated rings. The third-order valence-electron chi connectivity index (χ3n) is 3.90. The number of anilines is 1. The third-order valence-corrected chi connectivity index (χ3v) is 4.31. The zero-order chi connectivity index (χ0) is 15.0. The number of amides is 1. The number of benzene rings is 2. The summed E-state index contributed by atoms with van der Waals surface area (Å²) in [5.41, 5.74) is 3.44. The number of hydrogen-bond donors (Lipinski definition) is 0. The molecular weight excluding hydrogens is 289 g/mol. The second-order valence-electron chi connectivity index (χ2n) is 5.28. The Bertz CT molecular complexity index is 701. The zero-order valence-electron chi connectivity index (χ0n) is 11.6. The molecule has 2 aromatic rings. The average Bonchev–Trinajstić information content (AvgIpc) is 2.76. The number of halogens is 2. The summed E-state index contributed by atoms with van der Waals surface area (Å²) < 4.78 is 13.7. The molecule has 108 valence electrons. The molecule has 21 heavy (non-hydrogen) atoms. The molecule has 0 N–H and O–H groups in total. The third kappa shape index (κ3) is 2.66. The van der Waals surface area contributed by atoms with Gasteiger partial charge in [-0.2, -0.15) is 0 Å². The molecule has 0 saturated heterocycles. The van der Waals surface area contributed by atoms with E-state index in [-0.39, 0.29) is 17.1 Å².